The van der Waals surface area contributed by atoms with Crippen molar-refractivity contribution in [3.05, 3.63) is 72.6 Å². The summed E-state index contributed by atoms with van der Waals surface area (Å²) in [5.41, 5.74) is 2.54. The highest BCUT2D eigenvalue weighted by atomic mass is 16.5. The van der Waals surface area contributed by atoms with Gasteiger partial charge >= 0.3 is 0 Å². The number of ether oxygens (including phenoxy) is 1. The molecule has 0 aliphatic heterocycles. The van der Waals surface area contributed by atoms with Crippen LogP contribution in [-0.2, 0) is 0 Å². The highest BCUT2D eigenvalue weighted by Gasteiger charge is 2.18. The Bertz CT molecular complexity index is 1140. The van der Waals surface area contributed by atoms with Crippen LogP contribution in [0.2, 0.25) is 0 Å². The van der Waals surface area contributed by atoms with E-state index in [0.29, 0.717) is 41.3 Å². The summed E-state index contributed by atoms with van der Waals surface area (Å²) in [4.78, 5) is 14.2. The maximum Gasteiger partial charge on any atom is 0.167 e. The fourth-order valence-electron chi connectivity index (χ4n) is 3.88. The van der Waals surface area contributed by atoms with Gasteiger partial charge in [-0.05, 0) is 36.5 Å². The standard InChI is InChI=1S/C28H31N3O2/c1-3-4-5-9-17-33-23-15-16-24(25(32)19-23)28-30-26(21-12-7-6-8-13-21)29-27(31-28)22-14-10-11-20(2)18-22/h6-8,10-16,19-20,32H,3-5,9,17-18H2,1-2H3. The highest BCUT2D eigenvalue weighted by Crippen LogP contribution is 2.33. The largest absolute Gasteiger partial charge is 0.507 e. The second kappa shape index (κ2) is 10.9. The first kappa shape index (κ1) is 22.7. The minimum Gasteiger partial charge on any atom is -0.507 e. The number of benzene rings is 2. The molecule has 0 saturated carbocycles. The third-order valence-corrected chi connectivity index (χ3v) is 5.71. The van der Waals surface area contributed by atoms with Gasteiger partial charge in [0, 0.05) is 11.6 Å². The van der Waals surface area contributed by atoms with Gasteiger partial charge in [0.25, 0.3) is 0 Å². The van der Waals surface area contributed by atoms with Crippen molar-refractivity contribution in [3.63, 3.8) is 0 Å². The van der Waals surface area contributed by atoms with Gasteiger partial charge in [-0.3, -0.25) is 0 Å². The van der Waals surface area contributed by atoms with Crippen molar-refractivity contribution in [1.82, 2.24) is 15.0 Å². The first-order chi connectivity index (χ1) is 16.1. The van der Waals surface area contributed by atoms with Crippen LogP contribution in [-0.4, -0.2) is 26.7 Å². The maximum atomic E-state index is 10.8. The van der Waals surface area contributed by atoms with E-state index in [0.717, 1.165) is 30.4 Å². The number of allylic oxidation sites excluding steroid dienone is 4. The van der Waals surface area contributed by atoms with E-state index < -0.39 is 0 Å². The number of phenols is 1. The molecule has 0 fully saturated rings. The number of aromatic hydroxyl groups is 1. The van der Waals surface area contributed by atoms with Crippen molar-refractivity contribution in [3.8, 4) is 34.3 Å². The fourth-order valence-corrected chi connectivity index (χ4v) is 3.88. The molecule has 2 aromatic carbocycles. The minimum absolute atomic E-state index is 0.100. The predicted octanol–water partition coefficient (Wildman–Crippen LogP) is 6.85. The van der Waals surface area contributed by atoms with Gasteiger partial charge in [-0.15, -0.1) is 0 Å². The van der Waals surface area contributed by atoms with Crippen molar-refractivity contribution >= 4 is 5.57 Å². The van der Waals surface area contributed by atoms with Gasteiger partial charge < -0.3 is 9.84 Å². The lowest BCUT2D eigenvalue weighted by atomic mass is 9.95. The van der Waals surface area contributed by atoms with E-state index in [-0.39, 0.29) is 5.75 Å². The van der Waals surface area contributed by atoms with Crippen molar-refractivity contribution in [2.45, 2.75) is 46.0 Å². The number of hydrogen-bond donors (Lipinski definition) is 1. The molecule has 5 heteroatoms. The molecule has 5 nitrogen and oxygen atoms in total. The molecular formula is C28H31N3O2. The van der Waals surface area contributed by atoms with Crippen LogP contribution >= 0.6 is 0 Å². The van der Waals surface area contributed by atoms with Crippen LogP contribution in [0.3, 0.4) is 0 Å². The summed E-state index contributed by atoms with van der Waals surface area (Å²) < 4.78 is 5.82. The molecule has 170 valence electrons. The quantitative estimate of drug-likeness (QED) is 0.368. The van der Waals surface area contributed by atoms with Crippen molar-refractivity contribution < 1.29 is 9.84 Å². The Kier molecular flexibility index (Phi) is 7.51. The third-order valence-electron chi connectivity index (χ3n) is 5.71. The maximum absolute atomic E-state index is 10.8. The zero-order valence-electron chi connectivity index (χ0n) is 19.4. The van der Waals surface area contributed by atoms with Crippen LogP contribution in [0.5, 0.6) is 11.5 Å². The molecular weight excluding hydrogens is 410 g/mol. The normalized spacial score (nSPS) is 15.3. The second-order valence-electron chi connectivity index (χ2n) is 8.52. The minimum atomic E-state index is 0.100. The van der Waals surface area contributed by atoms with Crippen LogP contribution in [0.15, 0.2) is 66.8 Å². The lowest BCUT2D eigenvalue weighted by Crippen LogP contribution is -2.06. The van der Waals surface area contributed by atoms with E-state index >= 15 is 0 Å². The molecule has 1 heterocycles. The molecule has 0 spiro atoms. The highest BCUT2D eigenvalue weighted by molar-refractivity contribution is 5.71. The number of aromatic nitrogens is 3. The first-order valence-electron chi connectivity index (χ1n) is 11.8. The van der Waals surface area contributed by atoms with Gasteiger partial charge in [0.2, 0.25) is 0 Å². The summed E-state index contributed by atoms with van der Waals surface area (Å²) >= 11 is 0. The van der Waals surface area contributed by atoms with E-state index in [1.165, 1.54) is 12.8 Å². The molecule has 0 radical (unpaired) electrons. The van der Waals surface area contributed by atoms with Crippen LogP contribution in [0.1, 0.15) is 51.8 Å². The Labute approximate surface area is 195 Å². The Balaban J connectivity index is 1.66. The average Bonchev–Trinajstić information content (AvgIpc) is 2.84. The second-order valence-corrected chi connectivity index (χ2v) is 8.52. The Morgan fingerprint density at radius 3 is 2.48 bits per heavy atom. The topological polar surface area (TPSA) is 68.1 Å². The summed E-state index contributed by atoms with van der Waals surface area (Å²) in [6, 6.07) is 15.2. The molecule has 1 unspecified atom stereocenters. The summed E-state index contributed by atoms with van der Waals surface area (Å²) in [7, 11) is 0. The van der Waals surface area contributed by atoms with Crippen molar-refractivity contribution in [2.24, 2.45) is 5.92 Å². The van der Waals surface area contributed by atoms with Gasteiger partial charge in [-0.1, -0.05) is 81.7 Å². The molecule has 4 rings (SSSR count). The van der Waals surface area contributed by atoms with E-state index in [1.54, 1.807) is 6.07 Å². The summed E-state index contributed by atoms with van der Waals surface area (Å²) in [5, 5.41) is 10.8. The molecule has 1 aromatic heterocycles. The SMILES string of the molecule is CCCCCCOc1ccc(-c2nc(C3=CC=CC(C)C3)nc(-c3ccccc3)n2)c(O)c1. The molecule has 0 saturated heterocycles. The van der Waals surface area contributed by atoms with Crippen LogP contribution in [0, 0.1) is 5.92 Å². The van der Waals surface area contributed by atoms with E-state index in [1.807, 2.05) is 42.5 Å². The molecule has 1 N–H and O–H groups in total. The Morgan fingerprint density at radius 1 is 0.939 bits per heavy atom. The lowest BCUT2D eigenvalue weighted by Gasteiger charge is -2.15. The van der Waals surface area contributed by atoms with E-state index in [4.69, 9.17) is 19.7 Å². The van der Waals surface area contributed by atoms with Crippen LogP contribution < -0.4 is 4.74 Å². The third kappa shape index (κ3) is 5.86. The summed E-state index contributed by atoms with van der Waals surface area (Å²) in [5.74, 6) is 2.86. The zero-order valence-corrected chi connectivity index (χ0v) is 19.4. The van der Waals surface area contributed by atoms with Gasteiger partial charge in [0.05, 0.1) is 12.2 Å². The van der Waals surface area contributed by atoms with E-state index in [9.17, 15) is 5.11 Å². The van der Waals surface area contributed by atoms with Gasteiger partial charge in [-0.2, -0.15) is 0 Å². The molecule has 1 aliphatic rings. The smallest absolute Gasteiger partial charge is 0.167 e. The first-order valence-corrected chi connectivity index (χ1v) is 11.8. The Hall–Kier alpha value is -3.47. The number of unbranched alkanes of at least 4 members (excludes halogenated alkanes) is 3. The number of hydrogen-bond acceptors (Lipinski definition) is 5. The van der Waals surface area contributed by atoms with Gasteiger partial charge in [0.1, 0.15) is 11.5 Å². The van der Waals surface area contributed by atoms with E-state index in [2.05, 4.69) is 32.1 Å². The van der Waals surface area contributed by atoms with Crippen molar-refractivity contribution in [1.29, 1.82) is 0 Å². The van der Waals surface area contributed by atoms with Crippen molar-refractivity contribution in [2.75, 3.05) is 6.61 Å². The monoisotopic (exact) mass is 441 g/mol. The molecule has 0 amide bonds. The number of phenolic OH excluding ortho intramolecular Hbond substituents is 1. The lowest BCUT2D eigenvalue weighted by molar-refractivity contribution is 0.303. The molecule has 1 atom stereocenters. The zero-order chi connectivity index (χ0) is 23.0. The van der Waals surface area contributed by atoms with Gasteiger partial charge in [-0.25, -0.2) is 15.0 Å². The molecule has 1 aliphatic carbocycles. The number of rotatable bonds is 9. The molecule has 33 heavy (non-hydrogen) atoms. The number of nitrogens with zero attached hydrogens (tertiary/aromatic N) is 3. The fraction of sp³-hybridized carbons (Fsp3) is 0.321. The summed E-state index contributed by atoms with van der Waals surface area (Å²) in [6.07, 6.45) is 11.7. The van der Waals surface area contributed by atoms with Crippen LogP contribution in [0.25, 0.3) is 28.3 Å². The van der Waals surface area contributed by atoms with Crippen LogP contribution in [0.4, 0.5) is 0 Å². The average molecular weight is 442 g/mol. The molecule has 3 aromatic rings. The Morgan fingerprint density at radius 2 is 1.73 bits per heavy atom. The van der Waals surface area contributed by atoms with Gasteiger partial charge in [0.15, 0.2) is 17.5 Å². The molecule has 0 bridgehead atoms. The summed E-state index contributed by atoms with van der Waals surface area (Å²) in [6.45, 7) is 5.01. The predicted molar refractivity (Wildman–Crippen MR) is 133 cm³/mol.